The molecule has 0 bridgehead atoms. The zero-order valence-electron chi connectivity index (χ0n) is 17.9. The number of anilines is 1. The van der Waals surface area contributed by atoms with Crippen LogP contribution in [0, 0.1) is 6.92 Å². The van der Waals surface area contributed by atoms with Gasteiger partial charge in [0.05, 0.1) is 12.2 Å². The molecule has 0 unspecified atom stereocenters. The van der Waals surface area contributed by atoms with Gasteiger partial charge in [0, 0.05) is 28.7 Å². The summed E-state index contributed by atoms with van der Waals surface area (Å²) < 4.78 is 1.96. The number of nitrogens with one attached hydrogen (secondary N) is 2. The van der Waals surface area contributed by atoms with Crippen LogP contribution in [-0.2, 0) is 0 Å². The van der Waals surface area contributed by atoms with Crippen LogP contribution < -0.4 is 10.9 Å². The lowest BCUT2D eigenvalue weighted by atomic mass is 9.85. The van der Waals surface area contributed by atoms with E-state index < -0.39 is 5.91 Å². The Balaban J connectivity index is 1.55. The number of H-pyrrole nitrogens is 1. The van der Waals surface area contributed by atoms with Crippen LogP contribution in [0.1, 0.15) is 78.5 Å². The molecule has 160 valence electrons. The van der Waals surface area contributed by atoms with Crippen molar-refractivity contribution < 1.29 is 4.79 Å². The molecule has 6 nitrogen and oxygen atoms in total. The summed E-state index contributed by atoms with van der Waals surface area (Å²) in [5.41, 5.74) is 4.03. The van der Waals surface area contributed by atoms with Gasteiger partial charge in [0.2, 0.25) is 0 Å². The van der Waals surface area contributed by atoms with Gasteiger partial charge in [0.15, 0.2) is 0 Å². The second-order valence-electron chi connectivity index (χ2n) is 8.94. The summed E-state index contributed by atoms with van der Waals surface area (Å²) in [5, 5.41) is 7.38. The van der Waals surface area contributed by atoms with E-state index in [0.29, 0.717) is 23.2 Å². The summed E-state index contributed by atoms with van der Waals surface area (Å²) in [5.74, 6) is -0.0534. The maximum absolute atomic E-state index is 13.2. The van der Waals surface area contributed by atoms with Crippen molar-refractivity contribution in [2.75, 3.05) is 5.32 Å². The molecular weight excluding hydrogens is 388 g/mol. The van der Waals surface area contributed by atoms with Crippen LogP contribution in [0.25, 0.3) is 11.1 Å². The van der Waals surface area contributed by atoms with Gasteiger partial charge in [-0.25, -0.2) is 0 Å². The third-order valence-electron chi connectivity index (χ3n) is 6.47. The lowest BCUT2D eigenvalue weighted by Gasteiger charge is -2.22. The number of pyridine rings is 1. The molecule has 31 heavy (non-hydrogen) atoms. The Hall–Kier alpha value is -3.15. The van der Waals surface area contributed by atoms with Gasteiger partial charge in [0.25, 0.3) is 11.5 Å². The molecule has 2 N–H and O–H groups in total. The van der Waals surface area contributed by atoms with E-state index in [1.54, 1.807) is 6.20 Å². The van der Waals surface area contributed by atoms with Crippen molar-refractivity contribution in [3.63, 3.8) is 0 Å². The summed E-state index contributed by atoms with van der Waals surface area (Å²) in [7, 11) is 0. The fourth-order valence-electron chi connectivity index (χ4n) is 4.51. The Kier molecular flexibility index (Phi) is 5.22. The highest BCUT2D eigenvalue weighted by Gasteiger charge is 2.27. The molecule has 6 heteroatoms. The first-order chi connectivity index (χ1) is 15.1. The van der Waals surface area contributed by atoms with Gasteiger partial charge in [-0.15, -0.1) is 0 Å². The lowest BCUT2D eigenvalue weighted by Crippen LogP contribution is -2.26. The molecule has 2 heterocycles. The van der Waals surface area contributed by atoms with Gasteiger partial charge < -0.3 is 10.3 Å². The Labute approximate surface area is 181 Å². The highest BCUT2D eigenvalue weighted by atomic mass is 16.2. The number of aromatic nitrogens is 3. The van der Waals surface area contributed by atoms with E-state index in [4.69, 9.17) is 0 Å². The molecule has 0 aliphatic heterocycles. The molecular formula is C25H28N4O2. The fourth-order valence-corrected chi connectivity index (χ4v) is 4.51. The highest BCUT2D eigenvalue weighted by Crippen LogP contribution is 2.37. The standard InChI is InChI=1S/C25H28N4O2/c1-16-7-9-19(10-8-16)27-24(30)23-21(18-14-26-29(15-18)20-11-12-20)13-22(28-25(23)31)17-5-3-2-4-6-17/h7-10,13-15,17,20H,2-6,11-12H2,1H3,(H,27,30)(H,28,31). The minimum Gasteiger partial charge on any atom is -0.325 e. The number of hydrogen-bond donors (Lipinski definition) is 2. The first-order valence-corrected chi connectivity index (χ1v) is 11.3. The molecule has 3 aromatic rings. The number of hydrogen-bond acceptors (Lipinski definition) is 3. The maximum atomic E-state index is 13.2. The summed E-state index contributed by atoms with van der Waals surface area (Å²) >= 11 is 0. The SMILES string of the molecule is Cc1ccc(NC(=O)c2c(-c3cnn(C4CC4)c3)cc(C3CCCCC3)[nH]c2=O)cc1. The van der Waals surface area contributed by atoms with Gasteiger partial charge in [-0.1, -0.05) is 37.0 Å². The summed E-state index contributed by atoms with van der Waals surface area (Å²) in [6.45, 7) is 2.00. The van der Waals surface area contributed by atoms with Crippen molar-refractivity contribution in [2.45, 2.75) is 63.8 Å². The average molecular weight is 417 g/mol. The van der Waals surface area contributed by atoms with Crippen LogP contribution in [0.4, 0.5) is 5.69 Å². The molecule has 2 aromatic heterocycles. The molecule has 0 atom stereocenters. The fraction of sp³-hybridized carbons (Fsp3) is 0.400. The first kappa shape index (κ1) is 19.8. The zero-order chi connectivity index (χ0) is 21.4. The summed E-state index contributed by atoms with van der Waals surface area (Å²) in [6, 6.07) is 10.0. The molecule has 1 amide bonds. The Bertz CT molecular complexity index is 1150. The second kappa shape index (κ2) is 8.17. The van der Waals surface area contributed by atoms with Crippen LogP contribution in [0.15, 0.2) is 47.5 Å². The molecule has 2 fully saturated rings. The Morgan fingerprint density at radius 1 is 1.10 bits per heavy atom. The van der Waals surface area contributed by atoms with Crippen LogP contribution >= 0.6 is 0 Å². The number of amides is 1. The van der Waals surface area contributed by atoms with E-state index >= 15 is 0 Å². The normalized spacial score (nSPS) is 16.9. The summed E-state index contributed by atoms with van der Waals surface area (Å²) in [4.78, 5) is 29.4. The number of carbonyl (C=O) groups is 1. The smallest absolute Gasteiger partial charge is 0.261 e. The monoisotopic (exact) mass is 416 g/mol. The molecule has 1 aromatic carbocycles. The third-order valence-corrected chi connectivity index (χ3v) is 6.47. The molecule has 2 aliphatic carbocycles. The van der Waals surface area contributed by atoms with Gasteiger partial charge >= 0.3 is 0 Å². The number of aromatic amines is 1. The topological polar surface area (TPSA) is 79.8 Å². The van der Waals surface area contributed by atoms with Crippen molar-refractivity contribution in [3.05, 3.63) is 69.9 Å². The number of rotatable bonds is 5. The Morgan fingerprint density at radius 2 is 1.84 bits per heavy atom. The van der Waals surface area contributed by atoms with Gasteiger partial charge in [-0.3, -0.25) is 14.3 Å². The number of aryl methyl sites for hydroxylation is 1. The first-order valence-electron chi connectivity index (χ1n) is 11.3. The van der Waals surface area contributed by atoms with E-state index in [-0.39, 0.29) is 11.1 Å². The number of benzene rings is 1. The molecule has 0 radical (unpaired) electrons. The van der Waals surface area contributed by atoms with E-state index in [2.05, 4.69) is 15.4 Å². The lowest BCUT2D eigenvalue weighted by molar-refractivity contribution is 0.102. The molecule has 0 saturated heterocycles. The van der Waals surface area contributed by atoms with E-state index in [1.807, 2.05) is 48.1 Å². The molecule has 2 aliphatic rings. The molecule has 5 rings (SSSR count). The number of carbonyl (C=O) groups excluding carboxylic acids is 1. The van der Waals surface area contributed by atoms with Gasteiger partial charge in [0.1, 0.15) is 5.56 Å². The molecule has 0 spiro atoms. The van der Waals surface area contributed by atoms with Crippen molar-refractivity contribution in [1.82, 2.24) is 14.8 Å². The van der Waals surface area contributed by atoms with Crippen LogP contribution in [-0.4, -0.2) is 20.7 Å². The van der Waals surface area contributed by atoms with Crippen molar-refractivity contribution in [3.8, 4) is 11.1 Å². The highest BCUT2D eigenvalue weighted by molar-refractivity contribution is 6.08. The van der Waals surface area contributed by atoms with Crippen LogP contribution in [0.5, 0.6) is 0 Å². The zero-order valence-corrected chi connectivity index (χ0v) is 17.9. The van der Waals surface area contributed by atoms with Gasteiger partial charge in [-0.2, -0.15) is 5.10 Å². The average Bonchev–Trinajstić information content (AvgIpc) is 3.52. The third kappa shape index (κ3) is 4.20. The van der Waals surface area contributed by atoms with E-state index in [1.165, 1.54) is 19.3 Å². The number of nitrogens with zero attached hydrogens (tertiary/aromatic N) is 2. The van der Waals surface area contributed by atoms with Crippen LogP contribution in [0.2, 0.25) is 0 Å². The maximum Gasteiger partial charge on any atom is 0.261 e. The van der Waals surface area contributed by atoms with Gasteiger partial charge in [-0.05, 0) is 56.7 Å². The van der Waals surface area contributed by atoms with Crippen molar-refractivity contribution >= 4 is 11.6 Å². The quantitative estimate of drug-likeness (QED) is 0.601. The predicted octanol–water partition coefficient (Wildman–Crippen LogP) is 5.18. The van der Waals surface area contributed by atoms with Crippen molar-refractivity contribution in [2.24, 2.45) is 0 Å². The van der Waals surface area contributed by atoms with E-state index in [9.17, 15) is 9.59 Å². The summed E-state index contributed by atoms with van der Waals surface area (Å²) in [6.07, 6.45) is 11.8. The largest absolute Gasteiger partial charge is 0.325 e. The minimum absolute atomic E-state index is 0.149. The Morgan fingerprint density at radius 3 is 2.55 bits per heavy atom. The minimum atomic E-state index is -0.394. The second-order valence-corrected chi connectivity index (χ2v) is 8.94. The molecule has 2 saturated carbocycles. The van der Waals surface area contributed by atoms with E-state index in [0.717, 1.165) is 42.5 Å². The van der Waals surface area contributed by atoms with Crippen molar-refractivity contribution in [1.29, 1.82) is 0 Å². The van der Waals surface area contributed by atoms with Crippen LogP contribution in [0.3, 0.4) is 0 Å². The predicted molar refractivity (Wildman–Crippen MR) is 122 cm³/mol.